The molecule has 0 bridgehead atoms. The van der Waals surface area contributed by atoms with E-state index in [-0.39, 0.29) is 11.4 Å². The molecule has 0 saturated carbocycles. The maximum absolute atomic E-state index is 12.6. The van der Waals surface area contributed by atoms with Crippen LogP contribution in [0.5, 0.6) is 0 Å². The van der Waals surface area contributed by atoms with Crippen molar-refractivity contribution in [1.82, 2.24) is 4.98 Å². The van der Waals surface area contributed by atoms with Gasteiger partial charge in [0.1, 0.15) is 5.69 Å². The Labute approximate surface area is 115 Å². The van der Waals surface area contributed by atoms with E-state index in [2.05, 4.69) is 26.2 Å². The van der Waals surface area contributed by atoms with Gasteiger partial charge in [-0.05, 0) is 30.3 Å². The lowest BCUT2D eigenvalue weighted by Gasteiger charge is -2.12. The number of nitrogens with one attached hydrogen (secondary N) is 1. The third kappa shape index (κ3) is 3.37. The third-order valence-electron chi connectivity index (χ3n) is 2.35. The number of anilines is 3. The highest BCUT2D eigenvalue weighted by molar-refractivity contribution is 9.10. The van der Waals surface area contributed by atoms with Gasteiger partial charge in [0.25, 0.3) is 0 Å². The fraction of sp³-hybridized carbons (Fsp3) is 0.0833. The zero-order chi connectivity index (χ0) is 14.0. The summed E-state index contributed by atoms with van der Waals surface area (Å²) in [5, 5.41) is 2.83. The van der Waals surface area contributed by atoms with Gasteiger partial charge >= 0.3 is 6.18 Å². The molecule has 100 valence electrons. The average molecular weight is 332 g/mol. The van der Waals surface area contributed by atoms with Crippen molar-refractivity contribution in [3.05, 3.63) is 46.7 Å². The molecule has 2 rings (SSSR count). The summed E-state index contributed by atoms with van der Waals surface area (Å²) in [6.07, 6.45) is -3.51. The number of nitrogen functional groups attached to an aromatic ring is 1. The molecular formula is C12H9BrF3N3. The van der Waals surface area contributed by atoms with Crippen LogP contribution in [0.1, 0.15) is 5.69 Å². The second-order valence-electron chi connectivity index (χ2n) is 3.79. The first kappa shape index (κ1) is 13.7. The van der Waals surface area contributed by atoms with E-state index in [0.29, 0.717) is 5.69 Å². The van der Waals surface area contributed by atoms with Gasteiger partial charge in [0.05, 0.1) is 17.6 Å². The molecule has 0 fully saturated rings. The number of aromatic nitrogens is 1. The molecule has 0 aliphatic heterocycles. The van der Waals surface area contributed by atoms with Crippen molar-refractivity contribution in [3.8, 4) is 0 Å². The number of halogens is 4. The molecule has 0 radical (unpaired) electrons. The Kier molecular flexibility index (Phi) is 3.66. The number of alkyl halides is 3. The van der Waals surface area contributed by atoms with E-state index >= 15 is 0 Å². The first-order chi connectivity index (χ1) is 8.86. The van der Waals surface area contributed by atoms with Crippen LogP contribution in [-0.2, 0) is 6.18 Å². The second-order valence-corrected chi connectivity index (χ2v) is 4.70. The van der Waals surface area contributed by atoms with Crippen LogP contribution in [0.15, 0.2) is 41.0 Å². The maximum Gasteiger partial charge on any atom is 0.433 e. The predicted molar refractivity (Wildman–Crippen MR) is 71.1 cm³/mol. The number of pyridine rings is 1. The van der Waals surface area contributed by atoms with Crippen molar-refractivity contribution in [2.75, 3.05) is 11.1 Å². The van der Waals surface area contributed by atoms with Crippen LogP contribution in [0.3, 0.4) is 0 Å². The Morgan fingerprint density at radius 1 is 1.16 bits per heavy atom. The van der Waals surface area contributed by atoms with Gasteiger partial charge in [-0.1, -0.05) is 15.9 Å². The van der Waals surface area contributed by atoms with Crippen molar-refractivity contribution in [2.45, 2.75) is 6.18 Å². The van der Waals surface area contributed by atoms with E-state index in [0.717, 1.165) is 16.7 Å². The minimum absolute atomic E-state index is 0.149. The van der Waals surface area contributed by atoms with Crippen LogP contribution in [0.4, 0.5) is 30.2 Å². The zero-order valence-electron chi connectivity index (χ0n) is 9.50. The molecule has 1 aromatic heterocycles. The summed E-state index contributed by atoms with van der Waals surface area (Å²) in [5.74, 6) is 0. The van der Waals surface area contributed by atoms with Crippen molar-refractivity contribution >= 4 is 33.0 Å². The summed E-state index contributed by atoms with van der Waals surface area (Å²) in [5.41, 5.74) is 5.58. The Bertz CT molecular complexity index is 582. The first-order valence-electron chi connectivity index (χ1n) is 5.21. The number of hydrogen-bond acceptors (Lipinski definition) is 3. The standard InChI is InChI=1S/C12H9BrF3N3/c13-7-1-3-8(4-2-7)19-10-5-11(12(14,15)16)18-6-9(10)17/h1-6H,17H2,(H,18,19). The highest BCUT2D eigenvalue weighted by atomic mass is 79.9. The summed E-state index contributed by atoms with van der Waals surface area (Å²) in [7, 11) is 0. The SMILES string of the molecule is Nc1cnc(C(F)(F)F)cc1Nc1ccc(Br)cc1. The van der Waals surface area contributed by atoms with Gasteiger partial charge in [-0.25, -0.2) is 4.98 Å². The molecule has 7 heteroatoms. The topological polar surface area (TPSA) is 50.9 Å². The molecule has 2 aromatic rings. The van der Waals surface area contributed by atoms with Crippen LogP contribution in [-0.4, -0.2) is 4.98 Å². The summed E-state index contributed by atoms with van der Waals surface area (Å²) in [4.78, 5) is 3.27. The maximum atomic E-state index is 12.6. The van der Waals surface area contributed by atoms with Crippen LogP contribution >= 0.6 is 15.9 Å². The van der Waals surface area contributed by atoms with Gasteiger partial charge in [-0.3, -0.25) is 0 Å². The van der Waals surface area contributed by atoms with E-state index in [1.807, 2.05) is 0 Å². The molecule has 0 spiro atoms. The molecule has 0 aliphatic carbocycles. The molecule has 1 aromatic carbocycles. The predicted octanol–water partition coefficient (Wildman–Crippen LogP) is 4.19. The summed E-state index contributed by atoms with van der Waals surface area (Å²) < 4.78 is 38.5. The Morgan fingerprint density at radius 3 is 2.37 bits per heavy atom. The number of hydrogen-bond donors (Lipinski definition) is 2. The summed E-state index contributed by atoms with van der Waals surface area (Å²) in [6.45, 7) is 0. The van der Waals surface area contributed by atoms with E-state index in [1.54, 1.807) is 24.3 Å². The number of nitrogens with two attached hydrogens (primary N) is 1. The van der Waals surface area contributed by atoms with Crippen LogP contribution in [0.2, 0.25) is 0 Å². The lowest BCUT2D eigenvalue weighted by Crippen LogP contribution is -2.09. The largest absolute Gasteiger partial charge is 0.433 e. The average Bonchev–Trinajstić information content (AvgIpc) is 2.33. The quantitative estimate of drug-likeness (QED) is 0.867. The highest BCUT2D eigenvalue weighted by Gasteiger charge is 2.32. The van der Waals surface area contributed by atoms with Gasteiger partial charge in [0.2, 0.25) is 0 Å². The van der Waals surface area contributed by atoms with Gasteiger partial charge in [-0.15, -0.1) is 0 Å². The zero-order valence-corrected chi connectivity index (χ0v) is 11.1. The van der Waals surface area contributed by atoms with E-state index < -0.39 is 11.9 Å². The van der Waals surface area contributed by atoms with E-state index in [1.165, 1.54) is 0 Å². The smallest absolute Gasteiger partial charge is 0.396 e. The number of rotatable bonds is 2. The highest BCUT2D eigenvalue weighted by Crippen LogP contribution is 2.32. The lowest BCUT2D eigenvalue weighted by molar-refractivity contribution is -0.141. The van der Waals surface area contributed by atoms with Crippen molar-refractivity contribution in [1.29, 1.82) is 0 Å². The van der Waals surface area contributed by atoms with Crippen LogP contribution < -0.4 is 11.1 Å². The minimum Gasteiger partial charge on any atom is -0.396 e. The molecule has 1 heterocycles. The van der Waals surface area contributed by atoms with Crippen molar-refractivity contribution in [2.24, 2.45) is 0 Å². The Hall–Kier alpha value is -1.76. The summed E-state index contributed by atoms with van der Waals surface area (Å²) >= 11 is 3.27. The molecule has 3 N–H and O–H groups in total. The van der Waals surface area contributed by atoms with Crippen LogP contribution in [0.25, 0.3) is 0 Å². The molecule has 0 atom stereocenters. The first-order valence-corrected chi connectivity index (χ1v) is 6.01. The second kappa shape index (κ2) is 5.08. The fourth-order valence-corrected chi connectivity index (χ4v) is 1.68. The Morgan fingerprint density at radius 2 is 1.79 bits per heavy atom. The third-order valence-corrected chi connectivity index (χ3v) is 2.88. The molecule has 0 aliphatic rings. The van der Waals surface area contributed by atoms with E-state index in [4.69, 9.17) is 5.73 Å². The number of nitrogens with zero attached hydrogens (tertiary/aromatic N) is 1. The molecule has 19 heavy (non-hydrogen) atoms. The molecular weight excluding hydrogens is 323 g/mol. The van der Waals surface area contributed by atoms with Gasteiger partial charge in [0, 0.05) is 10.2 Å². The van der Waals surface area contributed by atoms with Crippen LogP contribution in [0, 0.1) is 0 Å². The lowest BCUT2D eigenvalue weighted by atomic mass is 10.2. The summed E-state index contributed by atoms with van der Waals surface area (Å²) in [6, 6.07) is 7.86. The minimum atomic E-state index is -4.50. The van der Waals surface area contributed by atoms with Crippen molar-refractivity contribution in [3.63, 3.8) is 0 Å². The number of benzene rings is 1. The Balaban J connectivity index is 2.31. The molecule has 0 unspecified atom stereocenters. The van der Waals surface area contributed by atoms with Gasteiger partial charge < -0.3 is 11.1 Å². The molecule has 0 saturated heterocycles. The molecule has 0 amide bonds. The monoisotopic (exact) mass is 331 g/mol. The molecule has 3 nitrogen and oxygen atoms in total. The van der Waals surface area contributed by atoms with E-state index in [9.17, 15) is 13.2 Å². The fourth-order valence-electron chi connectivity index (χ4n) is 1.42. The van der Waals surface area contributed by atoms with Gasteiger partial charge in [-0.2, -0.15) is 13.2 Å². The van der Waals surface area contributed by atoms with Gasteiger partial charge in [0.15, 0.2) is 0 Å². The van der Waals surface area contributed by atoms with Crippen molar-refractivity contribution < 1.29 is 13.2 Å². The normalized spacial score (nSPS) is 11.4.